The average molecular weight is 554 g/mol. The minimum Gasteiger partial charge on any atom is -0.443 e. The van der Waals surface area contributed by atoms with Crippen molar-refractivity contribution in [2.75, 3.05) is 4.90 Å². The molecule has 0 aromatic heterocycles. The number of halogens is 3. The SMILES string of the molecule is CC(C)(C)OC(=O)N1C(=O)N(c2cc(Cl)cc(Cl)c2)C(=O)C12CCCC2c1ccc(Br)cc1. The highest BCUT2D eigenvalue weighted by atomic mass is 79.9. The number of rotatable bonds is 2. The number of urea groups is 1. The van der Waals surface area contributed by atoms with Gasteiger partial charge in [0, 0.05) is 20.4 Å². The Morgan fingerprint density at radius 2 is 1.70 bits per heavy atom. The van der Waals surface area contributed by atoms with E-state index in [-0.39, 0.29) is 21.7 Å². The van der Waals surface area contributed by atoms with E-state index >= 15 is 0 Å². The van der Waals surface area contributed by atoms with Crippen LogP contribution >= 0.6 is 39.1 Å². The number of hydrogen-bond donors (Lipinski definition) is 0. The summed E-state index contributed by atoms with van der Waals surface area (Å²) in [5.41, 5.74) is -1.16. The van der Waals surface area contributed by atoms with Crippen LogP contribution in [0.5, 0.6) is 0 Å². The van der Waals surface area contributed by atoms with Gasteiger partial charge >= 0.3 is 12.1 Å². The van der Waals surface area contributed by atoms with Crippen molar-refractivity contribution >= 4 is 62.9 Å². The van der Waals surface area contributed by atoms with E-state index in [1.807, 2.05) is 24.3 Å². The molecular weight excluding hydrogens is 531 g/mol. The van der Waals surface area contributed by atoms with Crippen molar-refractivity contribution in [3.8, 4) is 0 Å². The van der Waals surface area contributed by atoms with Gasteiger partial charge in [-0.2, -0.15) is 0 Å². The van der Waals surface area contributed by atoms with Gasteiger partial charge in [0.25, 0.3) is 5.91 Å². The van der Waals surface area contributed by atoms with Gasteiger partial charge in [0.1, 0.15) is 11.1 Å². The molecule has 2 aromatic rings. The third-order valence-electron chi connectivity index (χ3n) is 5.94. The molecule has 0 N–H and O–H groups in total. The molecule has 1 saturated heterocycles. The van der Waals surface area contributed by atoms with E-state index in [9.17, 15) is 14.4 Å². The number of benzene rings is 2. The molecule has 2 aliphatic rings. The molecule has 2 atom stereocenters. The third-order valence-corrected chi connectivity index (χ3v) is 6.90. The Bertz CT molecular complexity index is 1110. The molecule has 1 heterocycles. The first-order valence-electron chi connectivity index (χ1n) is 10.6. The Hall–Kier alpha value is -2.09. The first kappa shape index (κ1) is 24.0. The summed E-state index contributed by atoms with van der Waals surface area (Å²) in [4.78, 5) is 43.1. The number of anilines is 1. The van der Waals surface area contributed by atoms with E-state index in [4.69, 9.17) is 27.9 Å². The molecule has 33 heavy (non-hydrogen) atoms. The van der Waals surface area contributed by atoms with E-state index in [1.165, 1.54) is 18.2 Å². The molecule has 2 unspecified atom stereocenters. The summed E-state index contributed by atoms with van der Waals surface area (Å²) in [6, 6.07) is 11.3. The highest BCUT2D eigenvalue weighted by Gasteiger charge is 2.66. The quantitative estimate of drug-likeness (QED) is 0.370. The lowest BCUT2D eigenvalue weighted by Gasteiger charge is -2.36. The van der Waals surface area contributed by atoms with Crippen molar-refractivity contribution in [3.63, 3.8) is 0 Å². The van der Waals surface area contributed by atoms with E-state index in [0.29, 0.717) is 19.3 Å². The number of imide groups is 2. The Morgan fingerprint density at radius 3 is 2.27 bits per heavy atom. The molecule has 4 amide bonds. The van der Waals surface area contributed by atoms with E-state index in [2.05, 4.69) is 15.9 Å². The lowest BCUT2D eigenvalue weighted by atomic mass is 9.80. The summed E-state index contributed by atoms with van der Waals surface area (Å²) >= 11 is 15.7. The molecule has 0 radical (unpaired) electrons. The van der Waals surface area contributed by atoms with Crippen molar-refractivity contribution in [2.45, 2.75) is 57.1 Å². The van der Waals surface area contributed by atoms with Crippen molar-refractivity contribution in [1.82, 2.24) is 4.90 Å². The summed E-state index contributed by atoms with van der Waals surface area (Å²) in [7, 11) is 0. The van der Waals surface area contributed by atoms with Crippen LogP contribution in [0.25, 0.3) is 0 Å². The lowest BCUT2D eigenvalue weighted by molar-refractivity contribution is -0.125. The van der Waals surface area contributed by atoms with Gasteiger partial charge in [-0.15, -0.1) is 0 Å². The van der Waals surface area contributed by atoms with Crippen LogP contribution in [-0.2, 0) is 9.53 Å². The zero-order valence-electron chi connectivity index (χ0n) is 18.4. The lowest BCUT2D eigenvalue weighted by Crippen LogP contribution is -2.55. The summed E-state index contributed by atoms with van der Waals surface area (Å²) in [6.07, 6.45) is 0.802. The van der Waals surface area contributed by atoms with Crippen LogP contribution in [0.3, 0.4) is 0 Å². The summed E-state index contributed by atoms with van der Waals surface area (Å²) in [6.45, 7) is 5.15. The van der Waals surface area contributed by atoms with Crippen LogP contribution in [-0.4, -0.2) is 34.1 Å². The fourth-order valence-electron chi connectivity index (χ4n) is 4.74. The topological polar surface area (TPSA) is 66.9 Å². The van der Waals surface area contributed by atoms with Gasteiger partial charge in [-0.25, -0.2) is 19.4 Å². The minimum atomic E-state index is -1.40. The maximum atomic E-state index is 14.1. The van der Waals surface area contributed by atoms with Gasteiger partial charge in [0.15, 0.2) is 0 Å². The predicted molar refractivity (Wildman–Crippen MR) is 131 cm³/mol. The van der Waals surface area contributed by atoms with Crippen LogP contribution in [0.2, 0.25) is 10.0 Å². The molecule has 174 valence electrons. The Labute approximate surface area is 210 Å². The molecular formula is C24H23BrCl2N2O4. The average Bonchev–Trinajstić information content (AvgIpc) is 3.20. The summed E-state index contributed by atoms with van der Waals surface area (Å²) in [5, 5.41) is 0.553. The van der Waals surface area contributed by atoms with E-state index in [0.717, 1.165) is 19.8 Å². The van der Waals surface area contributed by atoms with Crippen LogP contribution in [0.15, 0.2) is 46.9 Å². The second-order valence-electron chi connectivity index (χ2n) is 9.29. The normalized spacial score (nSPS) is 23.0. The van der Waals surface area contributed by atoms with Crippen LogP contribution in [0.4, 0.5) is 15.3 Å². The van der Waals surface area contributed by atoms with Crippen molar-refractivity contribution < 1.29 is 19.1 Å². The molecule has 0 bridgehead atoms. The summed E-state index contributed by atoms with van der Waals surface area (Å²) in [5.74, 6) is -0.865. The fourth-order valence-corrected chi connectivity index (χ4v) is 5.52. The summed E-state index contributed by atoms with van der Waals surface area (Å²) < 4.78 is 6.48. The van der Waals surface area contributed by atoms with Gasteiger partial charge in [-0.3, -0.25) is 4.79 Å². The number of amides is 4. The number of hydrogen-bond acceptors (Lipinski definition) is 4. The van der Waals surface area contributed by atoms with E-state index in [1.54, 1.807) is 20.8 Å². The van der Waals surface area contributed by atoms with Crippen LogP contribution in [0, 0.1) is 0 Å². The second kappa shape index (κ2) is 8.60. The zero-order valence-corrected chi connectivity index (χ0v) is 21.5. The van der Waals surface area contributed by atoms with Gasteiger partial charge in [-0.05, 0) is 75.9 Å². The zero-order chi connectivity index (χ0) is 24.1. The van der Waals surface area contributed by atoms with Gasteiger partial charge in [0.05, 0.1) is 5.69 Å². The number of carbonyl (C=O) groups is 3. The largest absolute Gasteiger partial charge is 0.443 e. The first-order chi connectivity index (χ1) is 15.4. The van der Waals surface area contributed by atoms with Gasteiger partial charge in [-0.1, -0.05) is 51.3 Å². The molecule has 1 spiro atoms. The Balaban J connectivity index is 1.87. The monoisotopic (exact) mass is 552 g/mol. The fraction of sp³-hybridized carbons (Fsp3) is 0.375. The second-order valence-corrected chi connectivity index (χ2v) is 11.1. The number of nitrogens with zero attached hydrogens (tertiary/aromatic N) is 2. The minimum absolute atomic E-state index is 0.217. The van der Waals surface area contributed by atoms with Crippen molar-refractivity contribution in [1.29, 1.82) is 0 Å². The Morgan fingerprint density at radius 1 is 1.09 bits per heavy atom. The molecule has 1 saturated carbocycles. The third kappa shape index (κ3) is 4.27. The van der Waals surface area contributed by atoms with Crippen molar-refractivity contribution in [2.24, 2.45) is 0 Å². The molecule has 2 aromatic carbocycles. The standard InChI is InChI=1S/C24H23BrCl2N2O4/c1-23(2,3)33-22(32)29-21(31)28(18-12-16(26)11-17(27)13-18)20(30)24(29)10-4-5-19(24)14-6-8-15(25)9-7-14/h6-9,11-13,19H,4-5,10H2,1-3H3. The van der Waals surface area contributed by atoms with Crippen molar-refractivity contribution in [3.05, 3.63) is 62.5 Å². The molecule has 2 fully saturated rings. The molecule has 6 nitrogen and oxygen atoms in total. The first-order valence-corrected chi connectivity index (χ1v) is 12.1. The maximum absolute atomic E-state index is 14.1. The number of ether oxygens (including phenoxy) is 1. The Kier molecular flexibility index (Phi) is 6.27. The smallest absolute Gasteiger partial charge is 0.419 e. The van der Waals surface area contributed by atoms with E-state index < -0.39 is 29.2 Å². The maximum Gasteiger partial charge on any atom is 0.419 e. The van der Waals surface area contributed by atoms with Crippen LogP contribution < -0.4 is 4.90 Å². The molecule has 1 aliphatic carbocycles. The highest BCUT2D eigenvalue weighted by molar-refractivity contribution is 9.10. The molecule has 9 heteroatoms. The van der Waals surface area contributed by atoms with Crippen LogP contribution in [0.1, 0.15) is 51.5 Å². The van der Waals surface area contributed by atoms with Gasteiger partial charge in [0.2, 0.25) is 0 Å². The predicted octanol–water partition coefficient (Wildman–Crippen LogP) is 7.17. The highest BCUT2D eigenvalue weighted by Crippen LogP contribution is 2.52. The van der Waals surface area contributed by atoms with Gasteiger partial charge < -0.3 is 4.74 Å². The molecule has 4 rings (SSSR count). The molecule has 1 aliphatic heterocycles. The number of carbonyl (C=O) groups excluding carboxylic acids is 3.